The molecule has 0 N–H and O–H groups in total. The summed E-state index contributed by atoms with van der Waals surface area (Å²) >= 11 is 0. The van der Waals surface area contributed by atoms with Crippen molar-refractivity contribution in [2.24, 2.45) is 0 Å². The molecule has 0 atom stereocenters. The Morgan fingerprint density at radius 2 is 1.85 bits per heavy atom. The predicted molar refractivity (Wildman–Crippen MR) is 97.7 cm³/mol. The quantitative estimate of drug-likeness (QED) is 0.683. The molecule has 0 aliphatic carbocycles. The lowest BCUT2D eigenvalue weighted by atomic mass is 10.1. The third-order valence-corrected chi connectivity index (χ3v) is 4.13. The molecule has 3 rings (SSSR count). The fourth-order valence-electron chi connectivity index (χ4n) is 2.73. The highest BCUT2D eigenvalue weighted by atomic mass is 16.5. The van der Waals surface area contributed by atoms with Gasteiger partial charge in [-0.05, 0) is 19.1 Å². The lowest BCUT2D eigenvalue weighted by Gasteiger charge is -2.17. The number of benzene rings is 1. The van der Waals surface area contributed by atoms with Crippen molar-refractivity contribution in [2.45, 2.75) is 20.0 Å². The normalized spacial score (nSPS) is 10.6. The van der Waals surface area contributed by atoms with Crippen LogP contribution >= 0.6 is 0 Å². The topological polar surface area (TPSA) is 73.1 Å². The van der Waals surface area contributed by atoms with Gasteiger partial charge in [-0.25, -0.2) is 15.0 Å². The van der Waals surface area contributed by atoms with Gasteiger partial charge in [0.1, 0.15) is 11.5 Å². The number of hydrogen-bond acceptors (Lipinski definition) is 5. The molecule has 0 spiro atoms. The van der Waals surface area contributed by atoms with Gasteiger partial charge in [-0.1, -0.05) is 12.1 Å². The minimum Gasteiger partial charge on any atom is -0.479 e. The summed E-state index contributed by atoms with van der Waals surface area (Å²) < 4.78 is 7.26. The van der Waals surface area contributed by atoms with Crippen molar-refractivity contribution in [1.29, 1.82) is 0 Å². The highest BCUT2D eigenvalue weighted by Gasteiger charge is 2.15. The van der Waals surface area contributed by atoms with E-state index in [0.717, 1.165) is 17.9 Å². The summed E-state index contributed by atoms with van der Waals surface area (Å²) in [5.41, 5.74) is 2.09. The molecule has 2 heterocycles. The van der Waals surface area contributed by atoms with Crippen LogP contribution in [0.2, 0.25) is 0 Å². The largest absolute Gasteiger partial charge is 0.479 e. The minimum atomic E-state index is -0.0617. The fraction of sp³-hybridized carbons (Fsp3) is 0.263. The van der Waals surface area contributed by atoms with Gasteiger partial charge in [-0.3, -0.25) is 4.79 Å². The molecule has 0 radical (unpaired) electrons. The number of aryl methyl sites for hydroxylation is 1. The Kier molecular flexibility index (Phi) is 5.26. The standard InChI is InChI=1S/C19H21N5O2/c1-4-24-12-11-20-16(24)13-23(2)19(25)15-7-5-14(6-8-15)17-18(26-3)22-10-9-21-17/h5-12H,4,13H2,1-3H3. The van der Waals surface area contributed by atoms with Gasteiger partial charge in [0.15, 0.2) is 0 Å². The summed E-state index contributed by atoms with van der Waals surface area (Å²) in [5, 5.41) is 0. The molecule has 1 aromatic carbocycles. The van der Waals surface area contributed by atoms with Gasteiger partial charge < -0.3 is 14.2 Å². The number of nitrogens with zero attached hydrogens (tertiary/aromatic N) is 5. The van der Waals surface area contributed by atoms with E-state index in [9.17, 15) is 4.79 Å². The molecular weight excluding hydrogens is 330 g/mol. The molecule has 0 saturated carbocycles. The predicted octanol–water partition coefficient (Wildman–Crippen LogP) is 2.64. The summed E-state index contributed by atoms with van der Waals surface area (Å²) in [5.74, 6) is 1.26. The number of aromatic nitrogens is 4. The van der Waals surface area contributed by atoms with Crippen LogP contribution in [-0.4, -0.2) is 44.5 Å². The Morgan fingerprint density at radius 3 is 2.54 bits per heavy atom. The summed E-state index contributed by atoms with van der Waals surface area (Å²) in [6.45, 7) is 3.33. The molecular formula is C19H21N5O2. The molecule has 2 aromatic heterocycles. The molecule has 7 nitrogen and oxygen atoms in total. The number of amides is 1. The van der Waals surface area contributed by atoms with E-state index >= 15 is 0 Å². The zero-order chi connectivity index (χ0) is 18.5. The van der Waals surface area contributed by atoms with E-state index in [1.54, 1.807) is 49.8 Å². The number of ether oxygens (including phenoxy) is 1. The SMILES string of the molecule is CCn1ccnc1CN(C)C(=O)c1ccc(-c2nccnc2OC)cc1. The van der Waals surface area contributed by atoms with Crippen molar-refractivity contribution in [2.75, 3.05) is 14.2 Å². The average Bonchev–Trinajstić information content (AvgIpc) is 3.14. The van der Waals surface area contributed by atoms with Crippen LogP contribution in [0.15, 0.2) is 49.1 Å². The van der Waals surface area contributed by atoms with Gasteiger partial charge in [-0.15, -0.1) is 0 Å². The molecule has 0 saturated heterocycles. The van der Waals surface area contributed by atoms with Crippen molar-refractivity contribution in [3.63, 3.8) is 0 Å². The maximum atomic E-state index is 12.7. The minimum absolute atomic E-state index is 0.0617. The van der Waals surface area contributed by atoms with E-state index in [-0.39, 0.29) is 5.91 Å². The third-order valence-electron chi connectivity index (χ3n) is 4.13. The van der Waals surface area contributed by atoms with Gasteiger partial charge in [0.25, 0.3) is 5.91 Å². The average molecular weight is 351 g/mol. The number of carbonyl (C=O) groups is 1. The van der Waals surface area contributed by atoms with Crippen LogP contribution in [0.3, 0.4) is 0 Å². The van der Waals surface area contributed by atoms with Crippen LogP contribution in [0, 0.1) is 0 Å². The molecule has 7 heteroatoms. The monoisotopic (exact) mass is 351 g/mol. The smallest absolute Gasteiger partial charge is 0.254 e. The van der Waals surface area contributed by atoms with Crippen molar-refractivity contribution in [3.05, 3.63) is 60.4 Å². The van der Waals surface area contributed by atoms with Crippen LogP contribution < -0.4 is 4.74 Å². The van der Waals surface area contributed by atoms with Gasteiger partial charge in [0, 0.05) is 49.5 Å². The molecule has 0 bridgehead atoms. The van der Waals surface area contributed by atoms with E-state index < -0.39 is 0 Å². The van der Waals surface area contributed by atoms with Gasteiger partial charge in [-0.2, -0.15) is 0 Å². The van der Waals surface area contributed by atoms with Crippen LogP contribution in [0.1, 0.15) is 23.1 Å². The Balaban J connectivity index is 1.76. The second-order valence-electron chi connectivity index (χ2n) is 5.78. The molecule has 0 fully saturated rings. The lowest BCUT2D eigenvalue weighted by Crippen LogP contribution is -2.27. The summed E-state index contributed by atoms with van der Waals surface area (Å²) in [4.78, 5) is 27.1. The Labute approximate surface area is 152 Å². The number of carbonyl (C=O) groups excluding carboxylic acids is 1. The van der Waals surface area contributed by atoms with E-state index in [1.807, 2.05) is 29.8 Å². The van der Waals surface area contributed by atoms with Crippen LogP contribution in [0.5, 0.6) is 5.88 Å². The van der Waals surface area contributed by atoms with E-state index in [2.05, 4.69) is 15.0 Å². The van der Waals surface area contributed by atoms with Crippen molar-refractivity contribution < 1.29 is 9.53 Å². The summed E-state index contributed by atoms with van der Waals surface area (Å²) in [7, 11) is 3.33. The zero-order valence-corrected chi connectivity index (χ0v) is 15.1. The van der Waals surface area contributed by atoms with Crippen LogP contribution in [0.25, 0.3) is 11.3 Å². The molecule has 26 heavy (non-hydrogen) atoms. The number of rotatable bonds is 6. The first-order chi connectivity index (χ1) is 12.6. The fourth-order valence-corrected chi connectivity index (χ4v) is 2.73. The van der Waals surface area contributed by atoms with Gasteiger partial charge in [0.05, 0.1) is 13.7 Å². The van der Waals surface area contributed by atoms with E-state index in [1.165, 1.54) is 0 Å². The Morgan fingerprint density at radius 1 is 1.12 bits per heavy atom. The first-order valence-corrected chi connectivity index (χ1v) is 8.35. The van der Waals surface area contributed by atoms with Crippen molar-refractivity contribution >= 4 is 5.91 Å². The molecule has 0 aliphatic rings. The van der Waals surface area contributed by atoms with Crippen molar-refractivity contribution in [3.8, 4) is 17.1 Å². The second-order valence-corrected chi connectivity index (χ2v) is 5.78. The van der Waals surface area contributed by atoms with E-state index in [0.29, 0.717) is 23.7 Å². The molecule has 3 aromatic rings. The number of methoxy groups -OCH3 is 1. The third kappa shape index (κ3) is 3.56. The highest BCUT2D eigenvalue weighted by molar-refractivity contribution is 5.94. The molecule has 0 unspecified atom stereocenters. The van der Waals surface area contributed by atoms with Crippen LogP contribution in [0.4, 0.5) is 0 Å². The highest BCUT2D eigenvalue weighted by Crippen LogP contribution is 2.25. The zero-order valence-electron chi connectivity index (χ0n) is 15.1. The maximum absolute atomic E-state index is 12.7. The summed E-state index contributed by atoms with van der Waals surface area (Å²) in [6, 6.07) is 7.27. The maximum Gasteiger partial charge on any atom is 0.254 e. The molecule has 0 aliphatic heterocycles. The van der Waals surface area contributed by atoms with Crippen molar-refractivity contribution in [1.82, 2.24) is 24.4 Å². The Bertz CT molecular complexity index is 889. The Hall–Kier alpha value is -3.22. The second kappa shape index (κ2) is 7.77. The van der Waals surface area contributed by atoms with E-state index in [4.69, 9.17) is 4.74 Å². The number of imidazole rings is 1. The lowest BCUT2D eigenvalue weighted by molar-refractivity contribution is 0.0780. The molecule has 134 valence electrons. The first kappa shape index (κ1) is 17.6. The number of hydrogen-bond donors (Lipinski definition) is 0. The first-order valence-electron chi connectivity index (χ1n) is 8.35. The molecule has 1 amide bonds. The van der Waals surface area contributed by atoms with Crippen LogP contribution in [-0.2, 0) is 13.1 Å². The van der Waals surface area contributed by atoms with Gasteiger partial charge in [0.2, 0.25) is 5.88 Å². The van der Waals surface area contributed by atoms with Gasteiger partial charge >= 0.3 is 0 Å². The summed E-state index contributed by atoms with van der Waals surface area (Å²) in [6.07, 6.45) is 6.85.